The fourth-order valence-electron chi connectivity index (χ4n) is 0.958. The van der Waals surface area contributed by atoms with Crippen molar-refractivity contribution in [2.75, 3.05) is 0 Å². The fourth-order valence-corrected chi connectivity index (χ4v) is 1.36. The van der Waals surface area contributed by atoms with Gasteiger partial charge in [-0.05, 0) is 24.4 Å². The maximum absolute atomic E-state index is 11.2. The van der Waals surface area contributed by atoms with E-state index in [-0.39, 0.29) is 10.3 Å². The zero-order valence-electron chi connectivity index (χ0n) is 5.72. The van der Waals surface area contributed by atoms with Gasteiger partial charge in [-0.15, -0.1) is 0 Å². The molecular weight excluding hydrogens is 198 g/mol. The van der Waals surface area contributed by atoms with Gasteiger partial charge in [0.1, 0.15) is 11.2 Å². The first-order chi connectivity index (χ1) is 5.66. The molecule has 2 aromatic rings. The highest BCUT2D eigenvalue weighted by atomic mass is 32.1. The average molecular weight is 202 g/mol. The van der Waals surface area contributed by atoms with Crippen molar-refractivity contribution in [1.29, 1.82) is 0 Å². The second-order valence-electron chi connectivity index (χ2n) is 2.24. The molecule has 2 heterocycles. The van der Waals surface area contributed by atoms with Crippen LogP contribution in [0, 0.1) is 9.54 Å². The van der Waals surface area contributed by atoms with Gasteiger partial charge < -0.3 is 15.0 Å². The average Bonchev–Trinajstić information content (AvgIpc) is 2.29. The minimum Gasteiger partial charge on any atom is -0.325 e. The van der Waals surface area contributed by atoms with Crippen LogP contribution in [0.1, 0.15) is 0 Å². The van der Waals surface area contributed by atoms with Gasteiger partial charge in [0.2, 0.25) is 0 Å². The lowest BCUT2D eigenvalue weighted by molar-refractivity contribution is 1.12. The van der Waals surface area contributed by atoms with E-state index in [0.29, 0.717) is 15.9 Å². The molecule has 0 bridgehead atoms. The molecule has 0 spiro atoms. The van der Waals surface area contributed by atoms with Crippen LogP contribution in [0.2, 0.25) is 0 Å². The van der Waals surface area contributed by atoms with E-state index in [0.717, 1.165) is 0 Å². The molecule has 0 saturated carbocycles. The second kappa shape index (κ2) is 2.39. The molecule has 0 aliphatic carbocycles. The van der Waals surface area contributed by atoms with Crippen molar-refractivity contribution in [3.8, 4) is 0 Å². The molecular formula is C5H4N4OS2. The van der Waals surface area contributed by atoms with Gasteiger partial charge in [-0.2, -0.15) is 0 Å². The summed E-state index contributed by atoms with van der Waals surface area (Å²) in [6.45, 7) is 0. The Morgan fingerprint density at radius 3 is 2.17 bits per heavy atom. The van der Waals surface area contributed by atoms with Crippen LogP contribution in [0.15, 0.2) is 4.79 Å². The van der Waals surface area contributed by atoms with E-state index >= 15 is 0 Å². The Balaban J connectivity index is 3.18. The molecule has 0 fully saturated rings. The molecule has 2 rings (SSSR count). The SMILES string of the molecule is O=c1[nH]c(=S)[nH]c2[nH][13c](=S)[15nH]c12. The quantitative estimate of drug-likeness (QED) is 0.480. The van der Waals surface area contributed by atoms with Gasteiger partial charge in [-0.3, -0.25) is 9.78 Å². The monoisotopic (exact) mass is 202 g/mol. The summed E-state index contributed by atoms with van der Waals surface area (Å²) >= 11 is 9.56. The first-order valence-electron chi connectivity index (χ1n) is 3.11. The summed E-state index contributed by atoms with van der Waals surface area (Å²) in [7, 11) is 0. The van der Waals surface area contributed by atoms with Gasteiger partial charge in [-0.1, -0.05) is 0 Å². The summed E-state index contributed by atoms with van der Waals surface area (Å²) in [5.41, 5.74) is 0.628. The smallest absolute Gasteiger partial charge is 0.277 e. The number of hydrogen-bond donors (Lipinski definition) is 4. The van der Waals surface area contributed by atoms with Crippen molar-refractivity contribution >= 4 is 35.6 Å². The Hall–Kier alpha value is -1.21. The number of aromatic nitrogens is 4. The minimum atomic E-state index is -0.277. The maximum atomic E-state index is 11.2. The summed E-state index contributed by atoms with van der Waals surface area (Å²) < 4.78 is 0.671. The first-order valence-corrected chi connectivity index (χ1v) is 3.93. The Kier molecular flexibility index (Phi) is 1.48. The van der Waals surface area contributed by atoms with Crippen molar-refractivity contribution in [2.24, 2.45) is 0 Å². The van der Waals surface area contributed by atoms with Crippen molar-refractivity contribution in [3.63, 3.8) is 0 Å². The molecule has 0 unspecified atom stereocenters. The summed E-state index contributed by atoms with van der Waals surface area (Å²) in [6, 6.07) is 0. The van der Waals surface area contributed by atoms with Crippen LogP contribution in [0.4, 0.5) is 0 Å². The normalized spacial score (nSPS) is 10.7. The van der Waals surface area contributed by atoms with E-state index in [1.807, 2.05) is 0 Å². The van der Waals surface area contributed by atoms with E-state index in [1.165, 1.54) is 0 Å². The molecule has 7 heteroatoms. The molecule has 12 heavy (non-hydrogen) atoms. The van der Waals surface area contributed by atoms with Crippen LogP contribution < -0.4 is 5.56 Å². The molecule has 0 amide bonds. The van der Waals surface area contributed by atoms with E-state index < -0.39 is 0 Å². The Bertz CT molecular complexity index is 585. The standard InChI is InChI=1S/C5H4N4OS2/c10-3-1-2(7-4(11)6-1)8-5(12)9-3/h(H4,6,7,8,9,10,11,12)/i4+1,6+1. The highest BCUT2D eigenvalue weighted by Crippen LogP contribution is 1.98. The van der Waals surface area contributed by atoms with Gasteiger partial charge in [0, 0.05) is 0 Å². The molecule has 62 valence electrons. The van der Waals surface area contributed by atoms with Crippen LogP contribution in [-0.2, 0) is 0 Å². The van der Waals surface area contributed by atoms with Crippen molar-refractivity contribution in [3.05, 3.63) is 19.9 Å². The van der Waals surface area contributed by atoms with E-state index in [1.54, 1.807) is 0 Å². The Morgan fingerprint density at radius 1 is 0.917 bits per heavy atom. The molecule has 0 saturated heterocycles. The number of rotatable bonds is 0. The molecule has 0 aliphatic rings. The van der Waals surface area contributed by atoms with Crippen LogP contribution in [0.5, 0.6) is 0 Å². The fraction of sp³-hybridized carbons (Fsp3) is 0. The minimum absolute atomic E-state index is 0.276. The lowest BCUT2D eigenvalue weighted by Crippen LogP contribution is -2.07. The van der Waals surface area contributed by atoms with Gasteiger partial charge in [0.25, 0.3) is 5.56 Å². The predicted molar refractivity (Wildman–Crippen MR) is 49.3 cm³/mol. The van der Waals surface area contributed by atoms with Crippen LogP contribution >= 0.6 is 24.4 Å². The predicted octanol–water partition coefficient (Wildman–Crippen LogP) is 0.971. The number of H-pyrrole nitrogens is 4. The lowest BCUT2D eigenvalue weighted by Gasteiger charge is -1.86. The molecule has 5 nitrogen and oxygen atoms in total. The summed E-state index contributed by atoms with van der Waals surface area (Å²) in [5.74, 6) is 0. The Morgan fingerprint density at radius 2 is 1.50 bits per heavy atom. The third-order valence-electron chi connectivity index (χ3n) is 1.42. The number of nitrogens with one attached hydrogen (secondary N) is 4. The molecule has 4 N–H and O–H groups in total. The van der Waals surface area contributed by atoms with E-state index in [2.05, 4.69) is 19.9 Å². The van der Waals surface area contributed by atoms with Gasteiger partial charge in [-0.25, -0.2) is 0 Å². The molecule has 0 aliphatic heterocycles. The third kappa shape index (κ3) is 1.03. The molecule has 0 aromatic carbocycles. The van der Waals surface area contributed by atoms with Crippen molar-refractivity contribution in [1.82, 2.24) is 19.9 Å². The maximum Gasteiger partial charge on any atom is 0.277 e. The zero-order valence-corrected chi connectivity index (χ0v) is 7.36. The summed E-state index contributed by atoms with van der Waals surface area (Å²) in [5, 5.41) is 0. The third-order valence-corrected chi connectivity index (χ3v) is 1.83. The van der Waals surface area contributed by atoms with Gasteiger partial charge >= 0.3 is 0 Å². The van der Waals surface area contributed by atoms with E-state index in [4.69, 9.17) is 24.4 Å². The highest BCUT2D eigenvalue weighted by molar-refractivity contribution is 7.71. The summed E-state index contributed by atoms with van der Waals surface area (Å²) in [4.78, 5) is 21.8. The van der Waals surface area contributed by atoms with Crippen LogP contribution in [0.25, 0.3) is 11.2 Å². The van der Waals surface area contributed by atoms with Crippen molar-refractivity contribution < 1.29 is 0 Å². The topological polar surface area (TPSA) is 80.2 Å². The van der Waals surface area contributed by atoms with Gasteiger partial charge in [0.05, 0.1) is 0 Å². The number of hydrogen-bond acceptors (Lipinski definition) is 3. The molecule has 0 atom stereocenters. The van der Waals surface area contributed by atoms with Crippen molar-refractivity contribution in [2.45, 2.75) is 0 Å². The largest absolute Gasteiger partial charge is 0.325 e. The Labute approximate surface area is 75.9 Å². The number of fused-ring (bicyclic) bond motifs is 1. The highest BCUT2D eigenvalue weighted by Gasteiger charge is 1.99. The molecule has 0 radical (unpaired) electrons. The molecule has 2 aromatic heterocycles. The van der Waals surface area contributed by atoms with Gasteiger partial charge in [0.15, 0.2) is 9.54 Å². The van der Waals surface area contributed by atoms with E-state index in [9.17, 15) is 4.79 Å². The summed E-state index contributed by atoms with van der Waals surface area (Å²) in [6.07, 6.45) is 0. The lowest BCUT2D eigenvalue weighted by atomic mass is 10.6. The number of aromatic amines is 4. The second-order valence-corrected chi connectivity index (χ2v) is 3.05. The zero-order chi connectivity index (χ0) is 8.72. The van der Waals surface area contributed by atoms with Crippen LogP contribution in [0.3, 0.4) is 0 Å². The number of imidazole rings is 1. The first kappa shape index (κ1) is 7.44. The van der Waals surface area contributed by atoms with Crippen LogP contribution in [-0.4, -0.2) is 19.9 Å².